The van der Waals surface area contributed by atoms with Gasteiger partial charge >= 0.3 is 0 Å². The van der Waals surface area contributed by atoms with E-state index in [0.717, 1.165) is 16.8 Å². The van der Waals surface area contributed by atoms with Crippen molar-refractivity contribution in [2.24, 2.45) is 0 Å². The summed E-state index contributed by atoms with van der Waals surface area (Å²) in [4.78, 5) is 14.2. The van der Waals surface area contributed by atoms with E-state index in [9.17, 15) is 13.6 Å². The number of carbonyl (C=O) groups is 1. The molecule has 1 heterocycles. The van der Waals surface area contributed by atoms with Gasteiger partial charge in [0.05, 0.1) is 5.76 Å². The molecule has 0 atom stereocenters. The number of aromatic nitrogens is 1. The second-order valence-corrected chi connectivity index (χ2v) is 5.37. The Labute approximate surface area is 163 Å². The molecule has 26 heavy (non-hydrogen) atoms. The quantitative estimate of drug-likeness (QED) is 0.287. The van der Waals surface area contributed by atoms with Crippen LogP contribution >= 0.6 is 0 Å². The molecule has 0 aliphatic carbocycles. The first-order valence-electron chi connectivity index (χ1n) is 7.46. The topological polar surface area (TPSA) is 50.2 Å². The Morgan fingerprint density at radius 1 is 1.12 bits per heavy atom. The van der Waals surface area contributed by atoms with Gasteiger partial charge in [-0.2, -0.15) is 0 Å². The molecule has 0 fully saturated rings. The number of allylic oxidation sites excluding steroid dienone is 2. The minimum atomic E-state index is -0.722. The van der Waals surface area contributed by atoms with Crippen molar-refractivity contribution in [3.63, 3.8) is 0 Å². The van der Waals surface area contributed by atoms with Gasteiger partial charge in [-0.1, -0.05) is 36.4 Å². The number of carbonyl (C=O) groups excluding carboxylic acids is 1. The van der Waals surface area contributed by atoms with E-state index in [-0.39, 0.29) is 31.6 Å². The van der Waals surface area contributed by atoms with Gasteiger partial charge in [0.1, 0.15) is 0 Å². The first-order chi connectivity index (χ1) is 11.8. The number of pyridine rings is 1. The van der Waals surface area contributed by atoms with Gasteiger partial charge < -0.3 is 10.1 Å². The van der Waals surface area contributed by atoms with Crippen molar-refractivity contribution in [2.45, 2.75) is 13.8 Å². The van der Waals surface area contributed by atoms with Crippen LogP contribution in [-0.4, -0.2) is 15.9 Å². The molecule has 3 aromatic rings. The van der Waals surface area contributed by atoms with Crippen LogP contribution in [0.4, 0.5) is 8.78 Å². The van der Waals surface area contributed by atoms with Crippen LogP contribution < -0.4 is 0 Å². The van der Waals surface area contributed by atoms with E-state index < -0.39 is 11.6 Å². The van der Waals surface area contributed by atoms with Gasteiger partial charge in [-0.15, -0.1) is 17.7 Å². The van der Waals surface area contributed by atoms with Crippen LogP contribution in [0.25, 0.3) is 22.0 Å². The van der Waals surface area contributed by atoms with Crippen LogP contribution in [-0.2, 0) is 24.9 Å². The monoisotopic (exact) mass is 533 g/mol. The molecule has 0 saturated heterocycles. The fourth-order valence-corrected chi connectivity index (χ4v) is 2.16. The number of fused-ring (bicyclic) bond motifs is 1. The van der Waals surface area contributed by atoms with Crippen LogP contribution in [0.1, 0.15) is 13.8 Å². The Hall–Kier alpha value is -2.43. The molecule has 1 N–H and O–H groups in total. The van der Waals surface area contributed by atoms with E-state index in [1.807, 2.05) is 24.3 Å². The van der Waals surface area contributed by atoms with E-state index >= 15 is 0 Å². The summed E-state index contributed by atoms with van der Waals surface area (Å²) in [5.41, 5.74) is 0.824. The maximum absolute atomic E-state index is 13.1. The third-order valence-electron chi connectivity index (χ3n) is 3.12. The number of aliphatic hydroxyl groups is 1. The van der Waals surface area contributed by atoms with Crippen LogP contribution in [0.2, 0.25) is 0 Å². The molecule has 137 valence electrons. The standard InChI is InChI=1S/C15H8F2N.C5H8O2.Ir/c16-13-5-12(6-14(17)8-13)15-7-10-3-1-2-4-11(10)9-18-15;1-4(6)3-5(2)7;/h1-5,7-9H;3,6H,1-2H3;/q-1;;/b;4-3-;. The van der Waals surface area contributed by atoms with E-state index in [4.69, 9.17) is 5.11 Å². The van der Waals surface area contributed by atoms with Gasteiger partial charge in [-0.3, -0.25) is 4.79 Å². The average Bonchev–Trinajstić information content (AvgIpc) is 2.53. The molecule has 0 amide bonds. The van der Waals surface area contributed by atoms with Crippen LogP contribution in [0.3, 0.4) is 0 Å². The summed E-state index contributed by atoms with van der Waals surface area (Å²) in [7, 11) is 0. The Kier molecular flexibility index (Phi) is 8.23. The van der Waals surface area contributed by atoms with E-state index in [2.05, 4.69) is 11.1 Å². The fourth-order valence-electron chi connectivity index (χ4n) is 2.16. The summed E-state index contributed by atoms with van der Waals surface area (Å²) in [6, 6.07) is 13.9. The smallest absolute Gasteiger partial charge is 0.155 e. The molecule has 1 radical (unpaired) electrons. The van der Waals surface area contributed by atoms with Crippen molar-refractivity contribution in [1.82, 2.24) is 4.98 Å². The largest absolute Gasteiger partial charge is 0.512 e. The van der Waals surface area contributed by atoms with Crippen LogP contribution in [0.15, 0.2) is 60.5 Å². The van der Waals surface area contributed by atoms with Gasteiger partial charge in [0.15, 0.2) is 5.78 Å². The molecule has 0 saturated carbocycles. The van der Waals surface area contributed by atoms with Crippen molar-refractivity contribution < 1.29 is 38.8 Å². The maximum Gasteiger partial charge on any atom is 0.155 e. The molecular formula is C20H16F2IrNO2-. The number of hydrogen-bond donors (Lipinski definition) is 1. The Morgan fingerprint density at radius 2 is 1.77 bits per heavy atom. The number of rotatable bonds is 2. The minimum absolute atomic E-state index is 0. The van der Waals surface area contributed by atoms with E-state index in [1.54, 1.807) is 12.3 Å². The number of aliphatic hydroxyl groups excluding tert-OH is 1. The molecule has 2 aromatic carbocycles. The number of ketones is 1. The Bertz CT molecular complexity index is 918. The third-order valence-corrected chi connectivity index (χ3v) is 3.12. The van der Waals surface area contributed by atoms with Gasteiger partial charge in [-0.25, -0.2) is 8.78 Å². The predicted octanol–water partition coefficient (Wildman–Crippen LogP) is 5.01. The molecule has 3 rings (SSSR count). The first kappa shape index (κ1) is 21.6. The zero-order valence-electron chi connectivity index (χ0n) is 14.1. The zero-order chi connectivity index (χ0) is 18.4. The molecule has 6 heteroatoms. The molecule has 1 aromatic heterocycles. The zero-order valence-corrected chi connectivity index (χ0v) is 16.5. The maximum atomic E-state index is 13.1. The van der Waals surface area contributed by atoms with E-state index in [0.29, 0.717) is 11.3 Å². The Balaban J connectivity index is 0.000000366. The summed E-state index contributed by atoms with van der Waals surface area (Å²) in [6.45, 7) is 2.85. The van der Waals surface area contributed by atoms with Gasteiger partial charge in [0.25, 0.3) is 0 Å². The van der Waals surface area contributed by atoms with E-state index in [1.165, 1.54) is 26.0 Å². The summed E-state index contributed by atoms with van der Waals surface area (Å²) in [5.74, 6) is -1.41. The number of nitrogens with zero attached hydrogens (tertiary/aromatic N) is 1. The van der Waals surface area contributed by atoms with Gasteiger partial charge in [0.2, 0.25) is 0 Å². The van der Waals surface area contributed by atoms with Gasteiger partial charge in [-0.05, 0) is 30.3 Å². The average molecular weight is 533 g/mol. The third kappa shape index (κ3) is 6.47. The normalized spacial score (nSPS) is 10.5. The summed E-state index contributed by atoms with van der Waals surface area (Å²) in [6.07, 6.45) is 2.85. The van der Waals surface area contributed by atoms with Crippen molar-refractivity contribution in [3.05, 3.63) is 78.2 Å². The molecule has 0 spiro atoms. The van der Waals surface area contributed by atoms with Crippen molar-refractivity contribution in [1.29, 1.82) is 0 Å². The van der Waals surface area contributed by atoms with Crippen molar-refractivity contribution in [2.75, 3.05) is 0 Å². The SMILES string of the molecule is CC(=O)/C=C(/C)O.Fc1[c-]c(-c2cc3ccccc3cn2)cc(F)c1.[Ir]. The van der Waals surface area contributed by atoms with Crippen LogP contribution in [0.5, 0.6) is 0 Å². The Morgan fingerprint density at radius 3 is 2.31 bits per heavy atom. The number of benzene rings is 2. The summed E-state index contributed by atoms with van der Waals surface area (Å²) >= 11 is 0. The molecule has 0 aliphatic heterocycles. The van der Waals surface area contributed by atoms with Crippen molar-refractivity contribution in [3.8, 4) is 11.3 Å². The molecule has 0 unspecified atom stereocenters. The second kappa shape index (κ2) is 9.90. The number of hydrogen-bond acceptors (Lipinski definition) is 3. The molecule has 0 bridgehead atoms. The predicted molar refractivity (Wildman–Crippen MR) is 93.0 cm³/mol. The fraction of sp³-hybridized carbons (Fsp3) is 0.100. The van der Waals surface area contributed by atoms with Gasteiger partial charge in [0, 0.05) is 44.0 Å². The summed E-state index contributed by atoms with van der Waals surface area (Å²) < 4.78 is 26.2. The minimum Gasteiger partial charge on any atom is -0.512 e. The first-order valence-corrected chi connectivity index (χ1v) is 7.46. The summed E-state index contributed by atoms with van der Waals surface area (Å²) in [5, 5.41) is 10.3. The van der Waals surface area contributed by atoms with Crippen LogP contribution in [0, 0.1) is 17.7 Å². The van der Waals surface area contributed by atoms with Crippen molar-refractivity contribution >= 4 is 16.6 Å². The second-order valence-electron chi connectivity index (χ2n) is 5.37. The molecular weight excluding hydrogens is 516 g/mol. The molecule has 0 aliphatic rings. The molecule has 3 nitrogen and oxygen atoms in total. The number of halogens is 2.